The number of aliphatic hydroxyl groups excluding tert-OH is 1. The maximum atomic E-state index is 15.6. The average Bonchev–Trinajstić information content (AvgIpc) is 1.76. The van der Waals surface area contributed by atoms with E-state index < -0.39 is 254 Å². The molecule has 4 aromatic carbocycles. The fourth-order valence-corrected chi connectivity index (χ4v) is 15.7. The van der Waals surface area contributed by atoms with E-state index in [0.29, 0.717) is 33.2 Å². The van der Waals surface area contributed by atoms with Crippen molar-refractivity contribution in [2.75, 3.05) is 26.2 Å². The smallest absolute Gasteiger partial charge is 0.326 e. The molecular formula is C86H108N16O25. The monoisotopic (exact) mass is 1760 g/mol. The molecule has 5 aliphatic rings. The number of phenols is 3. The Kier molecular flexibility index (Phi) is 33.2. The van der Waals surface area contributed by atoms with E-state index in [1.54, 1.807) is 38.1 Å². The maximum Gasteiger partial charge on any atom is 0.326 e. The van der Waals surface area contributed by atoms with Crippen LogP contribution in [0.5, 0.6) is 17.2 Å². The van der Waals surface area contributed by atoms with Gasteiger partial charge in [0.05, 0.1) is 18.9 Å². The van der Waals surface area contributed by atoms with Gasteiger partial charge in [-0.25, -0.2) is 4.79 Å². The molecule has 5 aromatic rings. The number of aliphatic carboxylic acids is 1. The lowest BCUT2D eigenvalue weighted by atomic mass is 10.00. The zero-order valence-corrected chi connectivity index (χ0v) is 70.6. The molecule has 19 N–H and O–H groups in total. The molecule has 16 atom stereocenters. The molecule has 5 fully saturated rings. The number of esters is 2. The third-order valence-corrected chi connectivity index (χ3v) is 22.4. The van der Waals surface area contributed by atoms with Crippen LogP contribution >= 0.6 is 0 Å². The SMILES string of the molecule is CC(=O)N[C@@H](Cc1ccc(O)cc1)C(=O)N1CCC[C@@H]1C(=O)N[C@H](C(=O)N[C@@H]1C(=O)N[C@@H](CC(C)C)C(=O)N[C@H]2CCCCNC(=O)C[C@@H](C(=O)N[C@@H](Cc3ccc(O)cc3)C(=O)O)NC(=O)[C@@H]3CCC(=O)OC[C@H](NC(=O)[C@@H]4CCCN4C(=O)[C@H](Cc4ccc(O)cc4)NC2=O)C(=O)N[C@@H](CC(=O)O[C@@H]1C)C(=O)N[C@@H](Cc1c[nH]c2ccccc12)C(=O)N3)[C@@H](C)O. The predicted octanol–water partition coefficient (Wildman–Crippen LogP) is -2.75. The summed E-state index contributed by atoms with van der Waals surface area (Å²) in [7, 11) is 0. The number of likely N-dealkylation sites (tertiary alicyclic amines) is 1. The summed E-state index contributed by atoms with van der Waals surface area (Å²) in [6, 6.07) is -2.32. The Morgan fingerprint density at radius 1 is 0.543 bits per heavy atom. The second-order valence-electron chi connectivity index (χ2n) is 32.7. The first-order valence-corrected chi connectivity index (χ1v) is 42.1. The van der Waals surface area contributed by atoms with E-state index in [-0.39, 0.29) is 101 Å². The molecule has 0 spiro atoms. The fraction of sp³-hybridized carbons (Fsp3) is 0.488. The van der Waals surface area contributed by atoms with Crippen LogP contribution in [-0.2, 0) is 121 Å². The highest BCUT2D eigenvalue weighted by Gasteiger charge is 2.46. The summed E-state index contributed by atoms with van der Waals surface area (Å²) >= 11 is 0. The number of fused-ring (bicyclic) bond motifs is 13. The highest BCUT2D eigenvalue weighted by atomic mass is 16.5. The van der Waals surface area contributed by atoms with Crippen molar-refractivity contribution < 1.29 is 121 Å². The van der Waals surface area contributed by atoms with E-state index in [4.69, 9.17) is 9.47 Å². The van der Waals surface area contributed by atoms with Gasteiger partial charge in [0, 0.05) is 75.8 Å². The molecular weight excluding hydrogens is 1660 g/mol. The number of carbonyl (C=O) groups excluding carboxylic acids is 17. The van der Waals surface area contributed by atoms with Crippen LogP contribution in [0.1, 0.15) is 134 Å². The third-order valence-electron chi connectivity index (χ3n) is 22.4. The molecule has 0 aliphatic carbocycles. The summed E-state index contributed by atoms with van der Waals surface area (Å²) in [6.45, 7) is 5.02. The minimum atomic E-state index is -2.30. The van der Waals surface area contributed by atoms with Crippen LogP contribution in [0.4, 0.5) is 0 Å². The Morgan fingerprint density at radius 3 is 1.76 bits per heavy atom. The number of benzene rings is 4. The van der Waals surface area contributed by atoms with Gasteiger partial charge in [0.2, 0.25) is 88.6 Å². The van der Waals surface area contributed by atoms with Crippen molar-refractivity contribution in [1.29, 1.82) is 0 Å². The summed E-state index contributed by atoms with van der Waals surface area (Å²) in [4.78, 5) is 272. The van der Waals surface area contributed by atoms with Crippen molar-refractivity contribution in [2.24, 2.45) is 5.92 Å². The van der Waals surface area contributed by atoms with Gasteiger partial charge >= 0.3 is 17.9 Å². The van der Waals surface area contributed by atoms with Crippen LogP contribution in [0.3, 0.4) is 0 Å². The molecule has 5 aliphatic heterocycles. The number of aromatic hydroxyl groups is 3. The molecule has 41 heteroatoms. The molecule has 127 heavy (non-hydrogen) atoms. The van der Waals surface area contributed by atoms with Crippen LogP contribution in [-0.4, -0.2) is 270 Å². The minimum absolute atomic E-state index is 0.00192. The average molecular weight is 1770 g/mol. The molecule has 0 unspecified atom stereocenters. The first-order valence-electron chi connectivity index (χ1n) is 42.1. The number of rotatable bonds is 20. The second kappa shape index (κ2) is 44.2. The van der Waals surface area contributed by atoms with E-state index in [2.05, 4.69) is 74.1 Å². The first-order chi connectivity index (χ1) is 60.4. The van der Waals surface area contributed by atoms with Crippen molar-refractivity contribution in [3.05, 3.63) is 126 Å². The summed E-state index contributed by atoms with van der Waals surface area (Å²) < 4.78 is 11.6. The molecule has 0 radical (unpaired) electrons. The van der Waals surface area contributed by atoms with Crippen LogP contribution < -0.4 is 69.1 Å². The van der Waals surface area contributed by atoms with Crippen molar-refractivity contribution >= 4 is 117 Å². The minimum Gasteiger partial charge on any atom is -0.508 e. The zero-order chi connectivity index (χ0) is 92.0. The van der Waals surface area contributed by atoms with E-state index in [9.17, 15) is 59.1 Å². The fourth-order valence-electron chi connectivity index (χ4n) is 15.7. The number of phenolic OH excluding ortho intramolecular Hbond substituents is 3. The number of cyclic esters (lactones) is 1. The van der Waals surface area contributed by atoms with E-state index in [1.807, 2.05) is 0 Å². The third kappa shape index (κ3) is 26.6. The molecule has 15 amide bonds. The van der Waals surface area contributed by atoms with Gasteiger partial charge in [0.25, 0.3) is 0 Å². The van der Waals surface area contributed by atoms with Gasteiger partial charge in [0.15, 0.2) is 0 Å². The number of aromatic nitrogens is 1. The maximum absolute atomic E-state index is 15.6. The first kappa shape index (κ1) is 95.5. The van der Waals surface area contributed by atoms with E-state index >= 15 is 52.7 Å². The Bertz CT molecular complexity index is 4910. The van der Waals surface area contributed by atoms with Crippen LogP contribution in [0.15, 0.2) is 103 Å². The summed E-state index contributed by atoms with van der Waals surface area (Å²) in [5.74, 6) is -22.0. The quantitative estimate of drug-likeness (QED) is 0.0351. The number of para-hydroxylation sites is 1. The van der Waals surface area contributed by atoms with Crippen molar-refractivity contribution in [3.63, 3.8) is 0 Å². The van der Waals surface area contributed by atoms with Crippen molar-refractivity contribution in [3.8, 4) is 17.2 Å². The number of ether oxygens (including phenoxy) is 2. The standard InChI is InChI=1S/C86H108N16O25/c1-43(2)34-58-75(113)90-56-14-8-9-31-87-68(108)39-60(77(115)97-64(86(124)125)37-49-21-27-53(107)28-22-49)93-74(112)57-29-30-69(109)126-42-65(98-80(118)66-15-10-32-101(66)85(123)63(96-73(56)111)36-48-19-25-52(106)26-20-48)79(117)94-61(78(116)92-59(76(114)91-57)38-50-41-88-55-13-7-6-12-54(50)55)40-70(110)127-45(4)72(83(121)95-58)100-82(120)71(44(3)103)99-81(119)67-16-11-33-102(67)84(122)62(89-46(5)104)35-47-17-23-51(105)24-18-47/h6-7,12-13,17-28,41,43-45,56-67,71-72,88,103,105-107H,8-11,14-16,29-40,42H2,1-5H3,(H,87,108)(H,89,104)(H,90,113)(H,91,114)(H,92,116)(H,93,112)(H,94,117)(H,95,121)(H,96,111)(H,97,115)(H,98,118)(H,99,119)(H,100,120)(H,124,125)/t44-,45-,56+,57+,58+,59+,60+,61+,62+,63+,64+,65+,66+,67-,71+,72+/m1/s1. The van der Waals surface area contributed by atoms with Crippen LogP contribution in [0.25, 0.3) is 10.9 Å². The molecule has 682 valence electrons. The zero-order valence-electron chi connectivity index (χ0n) is 70.6. The molecule has 5 saturated heterocycles. The lowest BCUT2D eigenvalue weighted by Crippen LogP contribution is -2.63. The number of amides is 15. The number of carbonyl (C=O) groups is 18. The molecule has 1 aromatic heterocycles. The number of aliphatic hydroxyl groups is 1. The molecule has 4 bridgehead atoms. The Hall–Kier alpha value is -13.8. The lowest BCUT2D eigenvalue weighted by molar-refractivity contribution is -0.155. The Morgan fingerprint density at radius 2 is 1.12 bits per heavy atom. The summed E-state index contributed by atoms with van der Waals surface area (Å²) in [5.41, 5.74) is 2.00. The second-order valence-corrected chi connectivity index (χ2v) is 32.7. The van der Waals surface area contributed by atoms with E-state index in [0.717, 1.165) is 18.7 Å². The lowest BCUT2D eigenvalue weighted by Gasteiger charge is -2.32. The molecule has 41 nitrogen and oxygen atoms in total. The highest BCUT2D eigenvalue weighted by Crippen LogP contribution is 2.26. The van der Waals surface area contributed by atoms with E-state index in [1.165, 1.54) is 90.8 Å². The number of nitrogens with one attached hydrogen (secondary N) is 14. The van der Waals surface area contributed by atoms with Gasteiger partial charge < -0.3 is 119 Å². The van der Waals surface area contributed by atoms with Crippen LogP contribution in [0.2, 0.25) is 0 Å². The number of H-pyrrole nitrogens is 1. The Balaban J connectivity index is 1.08. The van der Waals surface area contributed by atoms with Crippen molar-refractivity contribution in [2.45, 2.75) is 234 Å². The summed E-state index contributed by atoms with van der Waals surface area (Å²) in [6.07, 6.45) is -8.15. The van der Waals surface area contributed by atoms with Gasteiger partial charge in [-0.2, -0.15) is 0 Å². The number of hydrogen-bond acceptors (Lipinski definition) is 24. The number of aromatic amines is 1. The number of hydrogen-bond donors (Lipinski definition) is 19. The van der Waals surface area contributed by atoms with Gasteiger partial charge in [-0.3, -0.25) is 81.5 Å². The largest absolute Gasteiger partial charge is 0.508 e. The topological polar surface area (TPSA) is 606 Å². The van der Waals surface area contributed by atoms with Crippen molar-refractivity contribution in [1.82, 2.24) is 83.9 Å². The highest BCUT2D eigenvalue weighted by molar-refractivity contribution is 6.03. The van der Waals surface area contributed by atoms with Gasteiger partial charge in [-0.05, 0) is 142 Å². The summed E-state index contributed by atoms with van der Waals surface area (Å²) in [5, 5.41) is 85.5. The van der Waals surface area contributed by atoms with Gasteiger partial charge in [0.1, 0.15) is 115 Å². The molecule has 10 rings (SSSR count). The molecule has 6 heterocycles. The van der Waals surface area contributed by atoms with Gasteiger partial charge in [-0.15, -0.1) is 0 Å². The Labute approximate surface area is 728 Å². The molecule has 0 saturated carbocycles. The number of nitrogens with zero attached hydrogens (tertiary/aromatic N) is 2. The van der Waals surface area contributed by atoms with Crippen LogP contribution in [0, 0.1) is 5.92 Å². The predicted molar refractivity (Wildman–Crippen MR) is 446 cm³/mol. The normalized spacial score (nSPS) is 24.8. The van der Waals surface area contributed by atoms with Gasteiger partial charge in [-0.1, -0.05) is 68.4 Å². The number of carboxylic acid groups (broad SMARTS) is 1. The number of carboxylic acids is 1.